The van der Waals surface area contributed by atoms with E-state index in [1.807, 2.05) is 17.0 Å². The highest BCUT2D eigenvalue weighted by atomic mass is 35.5. The Labute approximate surface area is 127 Å². The minimum atomic E-state index is -1.16. The summed E-state index contributed by atoms with van der Waals surface area (Å²) in [6.45, 7) is 2.56. The van der Waals surface area contributed by atoms with Gasteiger partial charge in [-0.05, 0) is 24.1 Å². The van der Waals surface area contributed by atoms with Gasteiger partial charge >= 0.3 is 5.97 Å². The standard InChI is InChI=1S/C14H17ClN2O4/c15-10-5-9(6-11-12(10)21-4-3-20-11)7-17-2-1-14(16,8-17)13(18)19/h5-6H,1-4,7-8,16H2,(H,18,19). The van der Waals surface area contributed by atoms with Crippen LogP contribution in [-0.2, 0) is 11.3 Å². The molecule has 7 heteroatoms. The smallest absolute Gasteiger partial charge is 0.325 e. The molecular formula is C14H17ClN2O4. The zero-order valence-electron chi connectivity index (χ0n) is 11.5. The highest BCUT2D eigenvalue weighted by Crippen LogP contribution is 2.38. The number of benzene rings is 1. The number of nitrogens with zero attached hydrogens (tertiary/aromatic N) is 1. The van der Waals surface area contributed by atoms with Crippen LogP contribution in [0.4, 0.5) is 0 Å². The Morgan fingerprint density at radius 1 is 1.43 bits per heavy atom. The van der Waals surface area contributed by atoms with Crippen LogP contribution in [0.25, 0.3) is 0 Å². The largest absolute Gasteiger partial charge is 0.486 e. The number of hydrogen-bond donors (Lipinski definition) is 2. The van der Waals surface area contributed by atoms with Crippen molar-refractivity contribution in [3.63, 3.8) is 0 Å². The quantitative estimate of drug-likeness (QED) is 0.869. The van der Waals surface area contributed by atoms with E-state index in [1.165, 1.54) is 0 Å². The molecular weight excluding hydrogens is 296 g/mol. The first-order valence-corrected chi connectivity index (χ1v) is 7.18. The fraction of sp³-hybridized carbons (Fsp3) is 0.500. The SMILES string of the molecule is NC1(C(=O)O)CCN(Cc2cc(Cl)c3c(c2)OCCO3)C1. The minimum Gasteiger partial charge on any atom is -0.486 e. The summed E-state index contributed by atoms with van der Waals surface area (Å²) in [5.74, 6) is 0.261. The molecule has 0 aliphatic carbocycles. The number of aliphatic carboxylic acids is 1. The number of halogens is 1. The molecule has 0 amide bonds. The summed E-state index contributed by atoms with van der Waals surface area (Å²) in [5, 5.41) is 9.66. The van der Waals surface area contributed by atoms with Crippen LogP contribution in [0.1, 0.15) is 12.0 Å². The molecule has 2 heterocycles. The van der Waals surface area contributed by atoms with E-state index < -0.39 is 11.5 Å². The van der Waals surface area contributed by atoms with Gasteiger partial charge in [0.15, 0.2) is 11.5 Å². The molecule has 2 aliphatic rings. The molecule has 1 aromatic carbocycles. The second-order valence-corrected chi connectivity index (χ2v) is 5.93. The topological polar surface area (TPSA) is 85.0 Å². The van der Waals surface area contributed by atoms with Crippen LogP contribution in [-0.4, -0.2) is 47.8 Å². The summed E-state index contributed by atoms with van der Waals surface area (Å²) in [4.78, 5) is 13.2. The molecule has 6 nitrogen and oxygen atoms in total. The van der Waals surface area contributed by atoms with Gasteiger partial charge in [-0.25, -0.2) is 0 Å². The number of rotatable bonds is 3. The first-order valence-electron chi connectivity index (χ1n) is 6.81. The molecule has 114 valence electrons. The second-order valence-electron chi connectivity index (χ2n) is 5.52. The van der Waals surface area contributed by atoms with E-state index in [1.54, 1.807) is 0 Å². The van der Waals surface area contributed by atoms with Gasteiger partial charge in [0.2, 0.25) is 0 Å². The number of nitrogens with two attached hydrogens (primary N) is 1. The molecule has 2 aliphatic heterocycles. The van der Waals surface area contributed by atoms with E-state index in [4.69, 9.17) is 31.9 Å². The Morgan fingerprint density at radius 2 is 2.19 bits per heavy atom. The molecule has 3 N–H and O–H groups in total. The van der Waals surface area contributed by atoms with Crippen LogP contribution in [0.3, 0.4) is 0 Å². The molecule has 1 fully saturated rings. The molecule has 0 saturated carbocycles. The molecule has 3 rings (SSSR count). The van der Waals surface area contributed by atoms with E-state index in [0.29, 0.717) is 55.8 Å². The summed E-state index contributed by atoms with van der Waals surface area (Å²) in [7, 11) is 0. The van der Waals surface area contributed by atoms with Crippen molar-refractivity contribution in [2.45, 2.75) is 18.5 Å². The lowest BCUT2D eigenvalue weighted by atomic mass is 10.0. The lowest BCUT2D eigenvalue weighted by molar-refractivity contribution is -0.142. The lowest BCUT2D eigenvalue weighted by Gasteiger charge is -2.23. The summed E-state index contributed by atoms with van der Waals surface area (Å²) in [5.41, 5.74) is 5.68. The van der Waals surface area contributed by atoms with Gasteiger partial charge in [-0.3, -0.25) is 9.69 Å². The average Bonchev–Trinajstić information content (AvgIpc) is 2.82. The maximum Gasteiger partial charge on any atom is 0.325 e. The molecule has 1 unspecified atom stereocenters. The van der Waals surface area contributed by atoms with Crippen LogP contribution in [0.5, 0.6) is 11.5 Å². The maximum absolute atomic E-state index is 11.2. The third-order valence-electron chi connectivity index (χ3n) is 3.87. The molecule has 0 aromatic heterocycles. The van der Waals surface area contributed by atoms with E-state index in [-0.39, 0.29) is 0 Å². The van der Waals surface area contributed by atoms with Crippen molar-refractivity contribution in [1.82, 2.24) is 4.90 Å². The maximum atomic E-state index is 11.2. The molecule has 0 bridgehead atoms. The van der Waals surface area contributed by atoms with Crippen molar-refractivity contribution in [2.75, 3.05) is 26.3 Å². The summed E-state index contributed by atoms with van der Waals surface area (Å²) < 4.78 is 11.0. The van der Waals surface area contributed by atoms with Crippen molar-refractivity contribution in [1.29, 1.82) is 0 Å². The number of carbonyl (C=O) groups is 1. The van der Waals surface area contributed by atoms with Gasteiger partial charge in [0.25, 0.3) is 0 Å². The Morgan fingerprint density at radius 3 is 2.90 bits per heavy atom. The van der Waals surface area contributed by atoms with Gasteiger partial charge in [-0.2, -0.15) is 0 Å². The molecule has 1 aromatic rings. The fourth-order valence-corrected chi connectivity index (χ4v) is 3.03. The average molecular weight is 313 g/mol. The zero-order valence-corrected chi connectivity index (χ0v) is 12.2. The van der Waals surface area contributed by atoms with Gasteiger partial charge in [0.1, 0.15) is 18.8 Å². The fourth-order valence-electron chi connectivity index (χ4n) is 2.74. The van der Waals surface area contributed by atoms with Crippen molar-refractivity contribution >= 4 is 17.6 Å². The summed E-state index contributed by atoms with van der Waals surface area (Å²) in [6.07, 6.45) is 0.445. The number of fused-ring (bicyclic) bond motifs is 1. The Hall–Kier alpha value is -1.50. The number of hydrogen-bond acceptors (Lipinski definition) is 5. The Kier molecular flexibility index (Phi) is 3.69. The Bertz CT molecular complexity index is 580. The van der Waals surface area contributed by atoms with Crippen LogP contribution < -0.4 is 15.2 Å². The van der Waals surface area contributed by atoms with Crippen molar-refractivity contribution < 1.29 is 19.4 Å². The summed E-state index contributed by atoms with van der Waals surface area (Å²) in [6, 6.07) is 3.71. The zero-order chi connectivity index (χ0) is 15.0. The number of likely N-dealkylation sites (tertiary alicyclic amines) is 1. The monoisotopic (exact) mass is 312 g/mol. The van der Waals surface area contributed by atoms with Crippen molar-refractivity contribution in [2.24, 2.45) is 5.73 Å². The van der Waals surface area contributed by atoms with Crippen molar-refractivity contribution in [3.05, 3.63) is 22.7 Å². The molecule has 21 heavy (non-hydrogen) atoms. The number of ether oxygens (including phenoxy) is 2. The van der Waals surface area contributed by atoms with E-state index in [9.17, 15) is 4.79 Å². The van der Waals surface area contributed by atoms with E-state index >= 15 is 0 Å². The molecule has 0 spiro atoms. The predicted molar refractivity (Wildman–Crippen MR) is 76.9 cm³/mol. The number of carboxylic acids is 1. The number of carboxylic acid groups (broad SMARTS) is 1. The van der Waals surface area contributed by atoms with Crippen LogP contribution in [0, 0.1) is 0 Å². The lowest BCUT2D eigenvalue weighted by Crippen LogP contribution is -2.50. The normalized spacial score (nSPS) is 25.0. The van der Waals surface area contributed by atoms with E-state index in [2.05, 4.69) is 0 Å². The minimum absolute atomic E-state index is 0.328. The molecule has 0 radical (unpaired) electrons. The summed E-state index contributed by atoms with van der Waals surface area (Å²) >= 11 is 6.20. The van der Waals surface area contributed by atoms with Crippen LogP contribution >= 0.6 is 11.6 Å². The molecule has 1 atom stereocenters. The second kappa shape index (κ2) is 5.36. The first-order chi connectivity index (χ1) is 9.98. The van der Waals surface area contributed by atoms with Crippen LogP contribution in [0.2, 0.25) is 5.02 Å². The van der Waals surface area contributed by atoms with Crippen LogP contribution in [0.15, 0.2) is 12.1 Å². The highest BCUT2D eigenvalue weighted by molar-refractivity contribution is 6.32. The van der Waals surface area contributed by atoms with Gasteiger partial charge in [0.05, 0.1) is 5.02 Å². The van der Waals surface area contributed by atoms with Gasteiger partial charge in [-0.15, -0.1) is 0 Å². The highest BCUT2D eigenvalue weighted by Gasteiger charge is 2.41. The third-order valence-corrected chi connectivity index (χ3v) is 4.15. The van der Waals surface area contributed by atoms with E-state index in [0.717, 1.165) is 5.56 Å². The third kappa shape index (κ3) is 2.79. The van der Waals surface area contributed by atoms with Gasteiger partial charge in [-0.1, -0.05) is 11.6 Å². The molecule has 1 saturated heterocycles. The Balaban J connectivity index is 1.74. The van der Waals surface area contributed by atoms with Gasteiger partial charge in [0, 0.05) is 19.6 Å². The first kappa shape index (κ1) is 14.4. The predicted octanol–water partition coefficient (Wildman–Crippen LogP) is 1.10. The van der Waals surface area contributed by atoms with Gasteiger partial charge < -0.3 is 20.3 Å². The van der Waals surface area contributed by atoms with Crippen molar-refractivity contribution in [3.8, 4) is 11.5 Å².